The predicted octanol–water partition coefficient (Wildman–Crippen LogP) is 6.04. The first-order valence-electron chi connectivity index (χ1n) is 10.5. The number of alkyl halides is 3. The number of pyridine rings is 1. The molecule has 1 fully saturated rings. The Labute approximate surface area is 186 Å². The number of aromatic nitrogens is 1. The number of halogens is 3. The molecule has 0 aliphatic carbocycles. The lowest BCUT2D eigenvalue weighted by Gasteiger charge is -2.32. The Balaban J connectivity index is 1.58. The van der Waals surface area contributed by atoms with E-state index in [2.05, 4.69) is 4.98 Å². The normalized spacial score (nSPS) is 17.6. The molecule has 0 saturated carbocycles. The van der Waals surface area contributed by atoms with E-state index in [0.29, 0.717) is 11.1 Å². The molecule has 7 heteroatoms. The molecule has 0 atom stereocenters. The average Bonchev–Trinajstić information content (AvgIpc) is 2.94. The molecule has 0 bridgehead atoms. The zero-order valence-electron chi connectivity index (χ0n) is 18.7. The van der Waals surface area contributed by atoms with Crippen LogP contribution in [0.2, 0.25) is 0 Å². The number of rotatable bonds is 3. The van der Waals surface area contributed by atoms with Gasteiger partial charge >= 0.3 is 13.3 Å². The van der Waals surface area contributed by atoms with E-state index in [1.54, 1.807) is 12.3 Å². The molecule has 0 amide bonds. The average molecular weight is 439 g/mol. The molecule has 1 saturated heterocycles. The lowest BCUT2D eigenvalue weighted by molar-refractivity contribution is -0.137. The largest absolute Gasteiger partial charge is 0.494 e. The van der Waals surface area contributed by atoms with E-state index >= 15 is 0 Å². The highest BCUT2D eigenvalue weighted by atomic mass is 19.4. The monoisotopic (exact) mass is 439 g/mol. The van der Waals surface area contributed by atoms with Gasteiger partial charge in [0.2, 0.25) is 0 Å². The first-order chi connectivity index (χ1) is 14.9. The maximum atomic E-state index is 13.1. The van der Waals surface area contributed by atoms with Crippen LogP contribution < -0.4 is 5.46 Å². The zero-order valence-corrected chi connectivity index (χ0v) is 18.7. The van der Waals surface area contributed by atoms with Crippen LogP contribution >= 0.6 is 0 Å². The van der Waals surface area contributed by atoms with Gasteiger partial charge in [-0.05, 0) is 69.4 Å². The molecule has 0 N–H and O–H groups in total. The van der Waals surface area contributed by atoms with E-state index in [4.69, 9.17) is 9.31 Å². The topological polar surface area (TPSA) is 31.4 Å². The minimum Gasteiger partial charge on any atom is -0.399 e. The molecule has 0 radical (unpaired) electrons. The lowest BCUT2D eigenvalue weighted by atomic mass is 9.78. The van der Waals surface area contributed by atoms with Crippen LogP contribution in [0.4, 0.5) is 13.2 Å². The Bertz CT molecular complexity index is 1120. The van der Waals surface area contributed by atoms with Crippen molar-refractivity contribution in [2.24, 2.45) is 0 Å². The number of nitrogens with zero attached hydrogens (tertiary/aromatic N) is 1. The van der Waals surface area contributed by atoms with E-state index in [9.17, 15) is 13.2 Å². The Morgan fingerprint density at radius 1 is 0.844 bits per heavy atom. The third-order valence-corrected chi connectivity index (χ3v) is 6.34. The van der Waals surface area contributed by atoms with E-state index in [0.717, 1.165) is 34.4 Å². The van der Waals surface area contributed by atoms with Gasteiger partial charge in [0.25, 0.3) is 0 Å². The Kier molecular flexibility index (Phi) is 5.46. The third kappa shape index (κ3) is 4.19. The summed E-state index contributed by atoms with van der Waals surface area (Å²) in [6, 6.07) is 15.0. The fourth-order valence-electron chi connectivity index (χ4n) is 3.67. The van der Waals surface area contributed by atoms with Crippen molar-refractivity contribution in [3.05, 3.63) is 71.9 Å². The van der Waals surface area contributed by atoms with E-state index in [-0.39, 0.29) is 0 Å². The summed E-state index contributed by atoms with van der Waals surface area (Å²) in [5, 5.41) is 0. The fraction of sp³-hybridized carbons (Fsp3) is 0.320. The molecule has 4 rings (SSSR count). The van der Waals surface area contributed by atoms with Gasteiger partial charge in [-0.1, -0.05) is 36.4 Å². The van der Waals surface area contributed by atoms with E-state index < -0.39 is 30.1 Å². The van der Waals surface area contributed by atoms with Crippen LogP contribution in [0.3, 0.4) is 0 Å². The van der Waals surface area contributed by atoms with Crippen LogP contribution in [0.15, 0.2) is 60.8 Å². The van der Waals surface area contributed by atoms with Gasteiger partial charge in [0.1, 0.15) is 0 Å². The third-order valence-electron chi connectivity index (χ3n) is 6.34. The summed E-state index contributed by atoms with van der Waals surface area (Å²) in [6.45, 7) is 9.93. The van der Waals surface area contributed by atoms with Gasteiger partial charge in [0.05, 0.1) is 22.5 Å². The molecule has 3 nitrogen and oxygen atoms in total. The van der Waals surface area contributed by atoms with Gasteiger partial charge in [-0.2, -0.15) is 13.2 Å². The molecule has 3 aromatic rings. The van der Waals surface area contributed by atoms with E-state index in [1.165, 1.54) is 6.07 Å². The quantitative estimate of drug-likeness (QED) is 0.467. The summed E-state index contributed by atoms with van der Waals surface area (Å²) in [5.41, 5.74) is 3.11. The second-order valence-corrected chi connectivity index (χ2v) is 9.17. The molecule has 0 spiro atoms. The summed E-state index contributed by atoms with van der Waals surface area (Å²) in [4.78, 5) is 4.51. The van der Waals surface area contributed by atoms with Crippen molar-refractivity contribution in [2.45, 2.75) is 52.0 Å². The number of hydrogen-bond acceptors (Lipinski definition) is 3. The maximum absolute atomic E-state index is 13.1. The van der Waals surface area contributed by atoms with Crippen LogP contribution in [0.25, 0.3) is 22.4 Å². The lowest BCUT2D eigenvalue weighted by Crippen LogP contribution is -2.41. The molecule has 2 aromatic carbocycles. The number of hydrogen-bond donors (Lipinski definition) is 0. The van der Waals surface area contributed by atoms with Crippen molar-refractivity contribution in [1.29, 1.82) is 0 Å². The fourth-order valence-corrected chi connectivity index (χ4v) is 3.67. The maximum Gasteiger partial charge on any atom is 0.494 e. The van der Waals surface area contributed by atoms with E-state index in [1.807, 2.05) is 65.0 Å². The highest BCUT2D eigenvalue weighted by molar-refractivity contribution is 6.62. The minimum atomic E-state index is -4.38. The smallest absolute Gasteiger partial charge is 0.399 e. The van der Waals surface area contributed by atoms with Crippen molar-refractivity contribution in [1.82, 2.24) is 4.98 Å². The summed E-state index contributed by atoms with van der Waals surface area (Å²) in [7, 11) is -0.438. The number of benzene rings is 2. The van der Waals surface area contributed by atoms with Crippen LogP contribution in [0.5, 0.6) is 0 Å². The van der Waals surface area contributed by atoms with Gasteiger partial charge < -0.3 is 9.31 Å². The Hall–Kier alpha value is -2.64. The van der Waals surface area contributed by atoms with Crippen LogP contribution in [0.1, 0.15) is 38.8 Å². The van der Waals surface area contributed by atoms with Gasteiger partial charge in [0.15, 0.2) is 0 Å². The second kappa shape index (κ2) is 7.75. The molecule has 2 heterocycles. The molecule has 0 unspecified atom stereocenters. The summed E-state index contributed by atoms with van der Waals surface area (Å²) >= 11 is 0. The highest BCUT2D eigenvalue weighted by Gasteiger charge is 2.51. The van der Waals surface area contributed by atoms with Crippen molar-refractivity contribution in [2.75, 3.05) is 0 Å². The van der Waals surface area contributed by atoms with Crippen LogP contribution in [-0.2, 0) is 15.5 Å². The molecule has 1 aliphatic heterocycles. The zero-order chi connectivity index (χ0) is 23.3. The summed E-state index contributed by atoms with van der Waals surface area (Å²) in [5.74, 6) is 0. The van der Waals surface area contributed by atoms with Crippen molar-refractivity contribution >= 4 is 12.6 Å². The van der Waals surface area contributed by atoms with Crippen molar-refractivity contribution < 1.29 is 22.5 Å². The molecular formula is C25H25BF3NO2. The van der Waals surface area contributed by atoms with Gasteiger partial charge in [-0.3, -0.25) is 4.98 Å². The van der Waals surface area contributed by atoms with Gasteiger partial charge in [-0.15, -0.1) is 0 Å². The summed E-state index contributed by atoms with van der Waals surface area (Å²) < 4.78 is 51.4. The molecule has 1 aliphatic rings. The standard InChI is InChI=1S/C25H25BF3NO2/c1-16-13-22(30-15-21(16)18-7-6-8-19(14-18)25(27,28)29)17-9-11-20(12-10-17)26-31-23(2,3)24(4,5)32-26/h6-15H,1-5H3. The minimum absolute atomic E-state index is 0.408. The van der Waals surface area contributed by atoms with Gasteiger partial charge in [0, 0.05) is 17.3 Å². The highest BCUT2D eigenvalue weighted by Crippen LogP contribution is 2.37. The predicted molar refractivity (Wildman–Crippen MR) is 121 cm³/mol. The SMILES string of the molecule is Cc1cc(-c2ccc(B3OC(C)(C)C(C)(C)O3)cc2)ncc1-c1cccc(C(F)(F)F)c1. The molecule has 32 heavy (non-hydrogen) atoms. The molecule has 1 aromatic heterocycles. The number of aryl methyl sites for hydroxylation is 1. The molecule has 166 valence electrons. The van der Waals surface area contributed by atoms with Crippen LogP contribution in [0, 0.1) is 6.92 Å². The summed E-state index contributed by atoms with van der Waals surface area (Å²) in [6.07, 6.45) is -2.75. The Morgan fingerprint density at radius 2 is 1.47 bits per heavy atom. The Morgan fingerprint density at radius 3 is 2.03 bits per heavy atom. The second-order valence-electron chi connectivity index (χ2n) is 9.17. The molecular weight excluding hydrogens is 414 g/mol. The first-order valence-corrected chi connectivity index (χ1v) is 10.5. The van der Waals surface area contributed by atoms with Gasteiger partial charge in [-0.25, -0.2) is 0 Å². The van der Waals surface area contributed by atoms with Crippen molar-refractivity contribution in [3.63, 3.8) is 0 Å². The first kappa shape index (κ1) is 22.6. The van der Waals surface area contributed by atoms with Crippen LogP contribution in [-0.4, -0.2) is 23.3 Å². The van der Waals surface area contributed by atoms with Crippen molar-refractivity contribution in [3.8, 4) is 22.4 Å².